The second-order valence-electron chi connectivity index (χ2n) is 6.74. The average Bonchev–Trinajstić information content (AvgIpc) is 3.31. The molecule has 1 aromatic carbocycles. The molecule has 1 aliphatic rings. The van der Waals surface area contributed by atoms with Gasteiger partial charge in [0.1, 0.15) is 12.2 Å². The van der Waals surface area contributed by atoms with Crippen molar-refractivity contribution < 1.29 is 4.57 Å². The zero-order valence-electron chi connectivity index (χ0n) is 14.3. The zero-order chi connectivity index (χ0) is 17.3. The molecule has 0 fully saturated rings. The lowest BCUT2D eigenvalue weighted by Crippen LogP contribution is -2.31. The monoisotopic (exact) mass is 338 g/mol. The fourth-order valence-electron chi connectivity index (χ4n) is 4.29. The molecule has 4 aromatic heterocycles. The van der Waals surface area contributed by atoms with E-state index < -0.39 is 0 Å². The Morgan fingerprint density at radius 2 is 1.77 bits per heavy atom. The van der Waals surface area contributed by atoms with Crippen molar-refractivity contribution in [1.82, 2.24) is 19.1 Å². The predicted molar refractivity (Wildman–Crippen MR) is 100 cm³/mol. The van der Waals surface area contributed by atoms with E-state index in [4.69, 9.17) is 0 Å². The summed E-state index contributed by atoms with van der Waals surface area (Å²) in [5.41, 5.74) is 7.28. The number of imidazole rings is 1. The number of nitrogens with zero attached hydrogens (tertiary/aromatic N) is 5. The maximum atomic E-state index is 4.38. The number of benzene rings is 1. The molecule has 26 heavy (non-hydrogen) atoms. The second kappa shape index (κ2) is 4.79. The van der Waals surface area contributed by atoms with Gasteiger partial charge in [0.2, 0.25) is 5.52 Å². The van der Waals surface area contributed by atoms with E-state index in [2.05, 4.69) is 73.2 Å². The minimum absolute atomic E-state index is 0.836. The summed E-state index contributed by atoms with van der Waals surface area (Å²) < 4.78 is 7.03. The van der Waals surface area contributed by atoms with Gasteiger partial charge in [-0.05, 0) is 24.3 Å². The minimum atomic E-state index is 0.836. The van der Waals surface area contributed by atoms with Crippen LogP contribution in [0, 0.1) is 0 Å². The smallest absolute Gasteiger partial charge is 0.297 e. The molecule has 6 rings (SSSR count). The summed E-state index contributed by atoms with van der Waals surface area (Å²) in [5.74, 6) is 1.21. The summed E-state index contributed by atoms with van der Waals surface area (Å²) in [4.78, 5) is 8.71. The molecule has 0 N–H and O–H groups in total. The molecule has 0 radical (unpaired) electrons. The van der Waals surface area contributed by atoms with Crippen molar-refractivity contribution in [2.75, 3.05) is 0 Å². The molecule has 0 saturated carbocycles. The number of aromatic nitrogens is 5. The highest BCUT2D eigenvalue weighted by molar-refractivity contribution is 6.04. The van der Waals surface area contributed by atoms with Crippen molar-refractivity contribution in [2.45, 2.75) is 6.54 Å². The van der Waals surface area contributed by atoms with Crippen LogP contribution >= 0.6 is 0 Å². The molecular weight excluding hydrogens is 322 g/mol. The number of hydrogen-bond acceptors (Lipinski definition) is 2. The highest BCUT2D eigenvalue weighted by Crippen LogP contribution is 2.36. The first-order valence-corrected chi connectivity index (χ1v) is 8.70. The maximum Gasteiger partial charge on any atom is 0.297 e. The van der Waals surface area contributed by atoms with Crippen molar-refractivity contribution in [3.05, 3.63) is 72.8 Å². The summed E-state index contributed by atoms with van der Waals surface area (Å²) in [6.07, 6.45) is 7.69. The van der Waals surface area contributed by atoms with E-state index in [1.165, 1.54) is 39.0 Å². The van der Waals surface area contributed by atoms with Gasteiger partial charge in [0.25, 0.3) is 11.5 Å². The third-order valence-corrected chi connectivity index (χ3v) is 5.38. The van der Waals surface area contributed by atoms with Crippen LogP contribution in [0.4, 0.5) is 0 Å². The molecule has 0 saturated heterocycles. The Kier molecular flexibility index (Phi) is 2.54. The molecule has 0 bridgehead atoms. The molecule has 0 aliphatic carbocycles. The third kappa shape index (κ3) is 1.57. The summed E-state index contributed by atoms with van der Waals surface area (Å²) in [6, 6.07) is 14.8. The van der Waals surface area contributed by atoms with E-state index in [9.17, 15) is 0 Å². The molecule has 5 nitrogen and oxygen atoms in total. The van der Waals surface area contributed by atoms with Crippen molar-refractivity contribution in [3.63, 3.8) is 0 Å². The Labute approximate surface area is 149 Å². The van der Waals surface area contributed by atoms with Gasteiger partial charge < -0.3 is 4.57 Å². The van der Waals surface area contributed by atoms with Crippen LogP contribution in [-0.4, -0.2) is 19.1 Å². The lowest BCUT2D eigenvalue weighted by atomic mass is 10.1. The molecule has 1 aliphatic heterocycles. The first kappa shape index (κ1) is 13.8. The molecular formula is C21H16N5+. The molecule has 0 atom stereocenters. The van der Waals surface area contributed by atoms with E-state index in [0.717, 1.165) is 12.2 Å². The van der Waals surface area contributed by atoms with Crippen molar-refractivity contribution in [1.29, 1.82) is 0 Å². The molecule has 0 amide bonds. The molecule has 5 heterocycles. The minimum Gasteiger partial charge on any atom is -0.307 e. The quantitative estimate of drug-likeness (QED) is 0.432. The summed E-state index contributed by atoms with van der Waals surface area (Å²) >= 11 is 0. The maximum absolute atomic E-state index is 4.38. The number of hydrogen-bond donors (Lipinski definition) is 0. The Morgan fingerprint density at radius 3 is 2.65 bits per heavy atom. The van der Waals surface area contributed by atoms with Gasteiger partial charge in [-0.2, -0.15) is 4.57 Å². The van der Waals surface area contributed by atoms with E-state index in [1.807, 2.05) is 24.8 Å². The van der Waals surface area contributed by atoms with Gasteiger partial charge in [-0.15, -0.1) is 0 Å². The molecule has 0 spiro atoms. The van der Waals surface area contributed by atoms with Gasteiger partial charge in [-0.25, -0.2) is 4.57 Å². The van der Waals surface area contributed by atoms with Crippen molar-refractivity contribution in [3.8, 4) is 17.1 Å². The average molecular weight is 338 g/mol. The summed E-state index contributed by atoms with van der Waals surface area (Å²) in [6.45, 7) is 0.836. The first-order valence-electron chi connectivity index (χ1n) is 8.70. The SMILES string of the molecule is Cn1c2ccncc2c2c1n(-c1ccccc1)c1[n+]2Cc2cnccc2-1. The lowest BCUT2D eigenvalue weighted by molar-refractivity contribution is -0.645. The second-order valence-corrected chi connectivity index (χ2v) is 6.74. The van der Waals surface area contributed by atoms with Crippen LogP contribution in [0.1, 0.15) is 5.56 Å². The van der Waals surface area contributed by atoms with Crippen LogP contribution in [0.25, 0.3) is 39.1 Å². The fraction of sp³-hybridized carbons (Fsp3) is 0.0952. The number of fused-ring (bicyclic) bond motifs is 7. The lowest BCUT2D eigenvalue weighted by Gasteiger charge is -2.03. The number of pyridine rings is 2. The van der Waals surface area contributed by atoms with Crippen LogP contribution < -0.4 is 4.57 Å². The van der Waals surface area contributed by atoms with Gasteiger partial charge >= 0.3 is 0 Å². The van der Waals surface area contributed by atoms with Crippen LogP contribution in [0.3, 0.4) is 0 Å². The zero-order valence-corrected chi connectivity index (χ0v) is 14.3. The highest BCUT2D eigenvalue weighted by atomic mass is 15.3. The van der Waals surface area contributed by atoms with E-state index >= 15 is 0 Å². The topological polar surface area (TPSA) is 39.5 Å². The van der Waals surface area contributed by atoms with Crippen LogP contribution in [0.15, 0.2) is 67.3 Å². The largest absolute Gasteiger partial charge is 0.307 e. The molecule has 5 aromatic rings. The van der Waals surface area contributed by atoms with Crippen molar-refractivity contribution >= 4 is 22.1 Å². The summed E-state index contributed by atoms with van der Waals surface area (Å²) in [5, 5.41) is 1.18. The fourth-order valence-corrected chi connectivity index (χ4v) is 4.29. The van der Waals surface area contributed by atoms with Crippen LogP contribution in [0.5, 0.6) is 0 Å². The van der Waals surface area contributed by atoms with E-state index in [1.54, 1.807) is 0 Å². The molecule has 0 unspecified atom stereocenters. The first-order chi connectivity index (χ1) is 12.8. The number of rotatable bonds is 1. The van der Waals surface area contributed by atoms with Gasteiger partial charge in [-0.3, -0.25) is 9.97 Å². The molecule has 5 heteroatoms. The Morgan fingerprint density at radius 1 is 0.962 bits per heavy atom. The van der Waals surface area contributed by atoms with Crippen molar-refractivity contribution in [2.24, 2.45) is 7.05 Å². The highest BCUT2D eigenvalue weighted by Gasteiger charge is 2.38. The number of para-hydroxylation sites is 1. The standard InChI is InChI=1S/C21H16N5/c1-24-18-8-10-23-12-17(18)19-21(24)26(15-5-3-2-4-6-15)20-16-7-9-22-11-14(16)13-25(19)20/h2-12H,13H2,1H3/q+1. The Hall–Kier alpha value is -3.47. The number of aryl methyl sites for hydroxylation is 1. The van der Waals surface area contributed by atoms with E-state index in [0.29, 0.717) is 0 Å². The van der Waals surface area contributed by atoms with Crippen LogP contribution in [0.2, 0.25) is 0 Å². The van der Waals surface area contributed by atoms with Gasteiger partial charge in [0.15, 0.2) is 0 Å². The van der Waals surface area contributed by atoms with Crippen LogP contribution in [-0.2, 0) is 13.6 Å². The van der Waals surface area contributed by atoms with Gasteiger partial charge in [0, 0.05) is 37.4 Å². The predicted octanol–water partition coefficient (Wildman–Crippen LogP) is 3.23. The summed E-state index contributed by atoms with van der Waals surface area (Å²) in [7, 11) is 2.13. The molecule has 124 valence electrons. The normalized spacial score (nSPS) is 12.7. The Bertz CT molecular complexity index is 1310. The third-order valence-electron chi connectivity index (χ3n) is 5.38. The van der Waals surface area contributed by atoms with Gasteiger partial charge in [0.05, 0.1) is 16.5 Å². The van der Waals surface area contributed by atoms with E-state index in [-0.39, 0.29) is 0 Å². The van der Waals surface area contributed by atoms with Gasteiger partial charge in [-0.1, -0.05) is 18.2 Å². The Balaban J connectivity index is 1.87.